The van der Waals surface area contributed by atoms with Crippen LogP contribution in [0.2, 0.25) is 5.02 Å². The molecule has 2 unspecified atom stereocenters. The van der Waals surface area contributed by atoms with E-state index in [1.807, 2.05) is 63.2 Å². The molecule has 3 aliphatic rings. The van der Waals surface area contributed by atoms with E-state index >= 15 is 0 Å². The van der Waals surface area contributed by atoms with Crippen molar-refractivity contribution in [2.24, 2.45) is 17.8 Å². The topological polar surface area (TPSA) is 90.4 Å². The number of amides is 3. The molecule has 0 radical (unpaired) electrons. The number of nitrogens with zero attached hydrogens (tertiary/aromatic N) is 3. The number of fused-ring (bicyclic) bond motifs is 1. The fourth-order valence-electron chi connectivity index (χ4n) is 7.76. The zero-order valence-electron chi connectivity index (χ0n) is 26.4. The lowest BCUT2D eigenvalue weighted by Crippen LogP contribution is -2.60. The second kappa shape index (κ2) is 13.5. The molecule has 8 nitrogen and oxygen atoms in total. The maximum atomic E-state index is 15.0. The molecule has 45 heavy (non-hydrogen) atoms. The number of rotatable bonds is 13. The molecule has 3 saturated heterocycles. The van der Waals surface area contributed by atoms with Crippen molar-refractivity contribution in [2.75, 3.05) is 24.6 Å². The summed E-state index contributed by atoms with van der Waals surface area (Å²) < 4.78 is 6.74. The van der Waals surface area contributed by atoms with E-state index in [2.05, 4.69) is 13.2 Å². The molecule has 3 fully saturated rings. The quantitative estimate of drug-likeness (QED) is 0.308. The summed E-state index contributed by atoms with van der Waals surface area (Å²) in [6.07, 6.45) is 4.49. The summed E-state index contributed by atoms with van der Waals surface area (Å²) in [7, 11) is 0. The van der Waals surface area contributed by atoms with Crippen molar-refractivity contribution in [3.63, 3.8) is 0 Å². The number of halogens is 1. The van der Waals surface area contributed by atoms with Gasteiger partial charge < -0.3 is 24.5 Å². The van der Waals surface area contributed by atoms with Crippen molar-refractivity contribution in [1.29, 1.82) is 0 Å². The predicted molar refractivity (Wildman–Crippen MR) is 176 cm³/mol. The van der Waals surface area contributed by atoms with Gasteiger partial charge in [-0.3, -0.25) is 14.4 Å². The number of hydrogen-bond acceptors (Lipinski definition) is 5. The van der Waals surface area contributed by atoms with Crippen LogP contribution in [0.5, 0.6) is 0 Å². The van der Waals surface area contributed by atoms with Gasteiger partial charge in [-0.05, 0) is 42.9 Å². The van der Waals surface area contributed by atoms with E-state index in [0.29, 0.717) is 43.1 Å². The van der Waals surface area contributed by atoms with Crippen LogP contribution in [0.3, 0.4) is 0 Å². The molecule has 0 aliphatic carbocycles. The number of benzene rings is 2. The Morgan fingerprint density at radius 1 is 1.13 bits per heavy atom. The summed E-state index contributed by atoms with van der Waals surface area (Å²) in [6.45, 7) is 14.1. The van der Waals surface area contributed by atoms with Crippen LogP contribution >= 0.6 is 11.6 Å². The highest BCUT2D eigenvalue weighted by Crippen LogP contribution is 2.60. The van der Waals surface area contributed by atoms with Crippen LogP contribution in [0, 0.1) is 24.7 Å². The van der Waals surface area contributed by atoms with Crippen LogP contribution in [0.1, 0.15) is 44.2 Å². The Morgan fingerprint density at radius 2 is 1.84 bits per heavy atom. The zero-order valence-corrected chi connectivity index (χ0v) is 27.2. The molecule has 5 rings (SSSR count). The summed E-state index contributed by atoms with van der Waals surface area (Å²) in [6, 6.07) is 13.4. The second-order valence-electron chi connectivity index (χ2n) is 12.6. The molecule has 0 saturated carbocycles. The SMILES string of the molecule is C=CCN(Cc1ccccc1)C(=O)[C@@H]1[C@H]2C(=O)N([C@@H](CO)[C@@H](C)CC)C(C(=O)N(CC=C)c3c(C)cccc3Cl)C23CC[C@H]1O3. The van der Waals surface area contributed by atoms with Crippen LogP contribution in [0.15, 0.2) is 73.8 Å². The zero-order chi connectivity index (χ0) is 32.5. The lowest BCUT2D eigenvalue weighted by atomic mass is 9.70. The van der Waals surface area contributed by atoms with Gasteiger partial charge >= 0.3 is 0 Å². The number of hydrogen-bond donors (Lipinski definition) is 1. The lowest BCUT2D eigenvalue weighted by Gasteiger charge is -2.41. The third kappa shape index (κ3) is 5.62. The Balaban J connectivity index is 1.61. The Bertz CT molecular complexity index is 1430. The molecule has 2 aromatic rings. The molecule has 1 spiro atoms. The first kappa shape index (κ1) is 32.9. The first-order valence-corrected chi connectivity index (χ1v) is 16.2. The summed E-state index contributed by atoms with van der Waals surface area (Å²) in [5.74, 6) is -2.60. The number of anilines is 1. The van der Waals surface area contributed by atoms with Crippen molar-refractivity contribution in [3.8, 4) is 0 Å². The van der Waals surface area contributed by atoms with E-state index in [9.17, 15) is 19.5 Å². The smallest absolute Gasteiger partial charge is 0.253 e. The first-order valence-electron chi connectivity index (χ1n) is 15.9. The minimum absolute atomic E-state index is 0.110. The summed E-state index contributed by atoms with van der Waals surface area (Å²) in [5, 5.41) is 11.1. The van der Waals surface area contributed by atoms with Crippen molar-refractivity contribution in [1.82, 2.24) is 9.80 Å². The molecule has 2 aromatic carbocycles. The molecule has 0 aromatic heterocycles. The van der Waals surface area contributed by atoms with E-state index < -0.39 is 35.6 Å². The normalized spacial score (nSPS) is 26.3. The van der Waals surface area contributed by atoms with E-state index in [1.165, 1.54) is 0 Å². The third-order valence-corrected chi connectivity index (χ3v) is 10.3. The minimum atomic E-state index is -1.22. The van der Waals surface area contributed by atoms with Gasteiger partial charge in [-0.1, -0.05) is 86.5 Å². The molecule has 240 valence electrons. The number of carbonyl (C=O) groups is 3. The standard InChI is InChI=1S/C36H44ClN3O5/c1-6-19-38(21-25-14-10-9-11-15-25)33(42)29-28-17-18-36(45-28)30(29)34(43)40(27(22-41)23(4)8-3)32(36)35(44)39(20-7-2)31-24(5)13-12-16-26(31)37/h6-7,9-16,23,27-30,32,41H,1-2,8,17-22H2,3-5H3/t23-,27-,28+,29-,30-,32?,36?/m0/s1. The summed E-state index contributed by atoms with van der Waals surface area (Å²) >= 11 is 6.68. The van der Waals surface area contributed by atoms with Gasteiger partial charge in [-0.2, -0.15) is 0 Å². The largest absolute Gasteiger partial charge is 0.394 e. The highest BCUT2D eigenvalue weighted by atomic mass is 35.5. The molecule has 3 aliphatic heterocycles. The predicted octanol–water partition coefficient (Wildman–Crippen LogP) is 5.16. The number of aryl methyl sites for hydroxylation is 1. The fourth-order valence-corrected chi connectivity index (χ4v) is 8.08. The molecule has 1 N–H and O–H groups in total. The molecule has 7 atom stereocenters. The van der Waals surface area contributed by atoms with E-state index in [-0.39, 0.29) is 36.8 Å². The van der Waals surface area contributed by atoms with Crippen LogP contribution in [-0.4, -0.2) is 76.1 Å². The van der Waals surface area contributed by atoms with Gasteiger partial charge in [0.2, 0.25) is 11.8 Å². The average Bonchev–Trinajstić information content (AvgIpc) is 3.68. The highest BCUT2D eigenvalue weighted by Gasteiger charge is 2.75. The molecule has 3 amide bonds. The Morgan fingerprint density at radius 3 is 2.47 bits per heavy atom. The van der Waals surface area contributed by atoms with Gasteiger partial charge in [0.15, 0.2) is 0 Å². The van der Waals surface area contributed by atoms with E-state index in [0.717, 1.165) is 11.1 Å². The van der Waals surface area contributed by atoms with Crippen molar-refractivity contribution < 1.29 is 24.2 Å². The van der Waals surface area contributed by atoms with Crippen LogP contribution < -0.4 is 4.90 Å². The van der Waals surface area contributed by atoms with E-state index in [4.69, 9.17) is 16.3 Å². The second-order valence-corrected chi connectivity index (χ2v) is 13.0. The van der Waals surface area contributed by atoms with Gasteiger partial charge in [-0.25, -0.2) is 0 Å². The van der Waals surface area contributed by atoms with Gasteiger partial charge in [0.25, 0.3) is 5.91 Å². The maximum Gasteiger partial charge on any atom is 0.253 e. The Kier molecular flexibility index (Phi) is 9.87. The number of ether oxygens (including phenoxy) is 1. The Labute approximate surface area is 271 Å². The first-order chi connectivity index (χ1) is 21.6. The Hall–Kier alpha value is -3.46. The van der Waals surface area contributed by atoms with Gasteiger partial charge in [-0.15, -0.1) is 13.2 Å². The fraction of sp³-hybridized carbons (Fsp3) is 0.472. The monoisotopic (exact) mass is 633 g/mol. The minimum Gasteiger partial charge on any atom is -0.394 e. The number of aliphatic hydroxyl groups is 1. The number of para-hydroxylation sites is 1. The maximum absolute atomic E-state index is 15.0. The van der Waals surface area contributed by atoms with Crippen molar-refractivity contribution >= 4 is 35.0 Å². The molecular weight excluding hydrogens is 590 g/mol. The molecule has 2 bridgehead atoms. The van der Waals surface area contributed by atoms with Gasteiger partial charge in [0.1, 0.15) is 11.6 Å². The van der Waals surface area contributed by atoms with Gasteiger partial charge in [0.05, 0.1) is 41.3 Å². The lowest BCUT2D eigenvalue weighted by molar-refractivity contribution is -0.148. The van der Waals surface area contributed by atoms with Crippen LogP contribution in [-0.2, 0) is 25.7 Å². The van der Waals surface area contributed by atoms with Gasteiger partial charge in [0, 0.05) is 19.6 Å². The van der Waals surface area contributed by atoms with Crippen molar-refractivity contribution in [3.05, 3.63) is 90.0 Å². The van der Waals surface area contributed by atoms with Crippen LogP contribution in [0.4, 0.5) is 5.69 Å². The van der Waals surface area contributed by atoms with Crippen molar-refractivity contribution in [2.45, 2.75) is 70.4 Å². The molecule has 3 heterocycles. The molecular formula is C36H44ClN3O5. The molecule has 9 heteroatoms. The average molecular weight is 634 g/mol. The van der Waals surface area contributed by atoms with E-state index in [1.54, 1.807) is 32.9 Å². The third-order valence-electron chi connectivity index (χ3n) is 10.0. The summed E-state index contributed by atoms with van der Waals surface area (Å²) in [4.78, 5) is 49.0. The number of likely N-dealkylation sites (tertiary alicyclic amines) is 1. The van der Waals surface area contributed by atoms with Crippen LogP contribution in [0.25, 0.3) is 0 Å². The summed E-state index contributed by atoms with van der Waals surface area (Å²) in [5.41, 5.74) is 1.09. The highest BCUT2D eigenvalue weighted by molar-refractivity contribution is 6.34. The number of carbonyl (C=O) groups excluding carboxylic acids is 3. The number of aliphatic hydroxyl groups excluding tert-OH is 1.